The number of halogens is 6. The highest BCUT2D eigenvalue weighted by Gasteiger charge is 2.38. The normalized spacial score (nSPS) is 20.2. The number of aliphatic hydroxyl groups excluding tert-OH is 1. The lowest BCUT2D eigenvalue weighted by Crippen LogP contribution is -2.29. The number of para-hydroxylation sites is 1. The summed E-state index contributed by atoms with van der Waals surface area (Å²) >= 11 is 0. The molecule has 1 saturated heterocycles. The number of hydrogen-bond donors (Lipinski definition) is 2. The molecule has 2 N–H and O–H groups in total. The lowest BCUT2D eigenvalue weighted by Gasteiger charge is -2.22. The van der Waals surface area contributed by atoms with Crippen molar-refractivity contribution in [1.82, 2.24) is 10.3 Å². The van der Waals surface area contributed by atoms with Crippen LogP contribution in [0.3, 0.4) is 0 Å². The van der Waals surface area contributed by atoms with E-state index < -0.39 is 41.3 Å². The summed E-state index contributed by atoms with van der Waals surface area (Å²) in [5.41, 5.74) is -3.73. The number of nitrogens with one attached hydrogen (secondary N) is 1. The molecule has 1 aromatic carbocycles. The summed E-state index contributed by atoms with van der Waals surface area (Å²) in [5, 5.41) is 13.3. The van der Waals surface area contributed by atoms with Crippen LogP contribution in [0, 0.1) is 0 Å². The Morgan fingerprint density at radius 3 is 2.40 bits per heavy atom. The average Bonchev–Trinajstić information content (AvgIpc) is 3.05. The van der Waals surface area contributed by atoms with Crippen molar-refractivity contribution in [3.63, 3.8) is 0 Å². The maximum atomic E-state index is 13.2. The maximum Gasteiger partial charge on any atom is 0.433 e. The molecule has 3 nitrogen and oxygen atoms in total. The van der Waals surface area contributed by atoms with Gasteiger partial charge in [-0.3, -0.25) is 0 Å². The second-order valence-electron chi connectivity index (χ2n) is 5.94. The van der Waals surface area contributed by atoms with E-state index in [4.69, 9.17) is 0 Å². The Balaban J connectivity index is 2.27. The van der Waals surface area contributed by atoms with Crippen molar-refractivity contribution in [1.29, 1.82) is 0 Å². The summed E-state index contributed by atoms with van der Waals surface area (Å²) in [6.07, 6.45) is -9.90. The second kappa shape index (κ2) is 6.14. The largest absolute Gasteiger partial charge is 0.433 e. The minimum absolute atomic E-state index is 0.135. The van der Waals surface area contributed by atoms with Crippen molar-refractivity contribution in [2.45, 2.75) is 37.3 Å². The summed E-state index contributed by atoms with van der Waals surface area (Å²) in [7, 11) is 0. The molecule has 0 amide bonds. The zero-order valence-corrected chi connectivity index (χ0v) is 12.7. The number of nitrogens with zero attached hydrogens (tertiary/aromatic N) is 1. The van der Waals surface area contributed by atoms with E-state index in [0.29, 0.717) is 25.1 Å². The van der Waals surface area contributed by atoms with Gasteiger partial charge >= 0.3 is 12.4 Å². The Hall–Kier alpha value is -1.87. The molecular formula is C16H14F6N2O. The smallest absolute Gasteiger partial charge is 0.387 e. The van der Waals surface area contributed by atoms with Crippen LogP contribution in [0.5, 0.6) is 0 Å². The van der Waals surface area contributed by atoms with Crippen LogP contribution in [0.15, 0.2) is 24.3 Å². The Labute approximate surface area is 138 Å². The van der Waals surface area contributed by atoms with Crippen molar-refractivity contribution in [2.75, 3.05) is 6.54 Å². The molecule has 9 heteroatoms. The van der Waals surface area contributed by atoms with E-state index in [2.05, 4.69) is 10.3 Å². The van der Waals surface area contributed by atoms with Crippen molar-refractivity contribution < 1.29 is 31.4 Å². The Morgan fingerprint density at radius 1 is 1.12 bits per heavy atom. The van der Waals surface area contributed by atoms with Crippen LogP contribution < -0.4 is 5.32 Å². The summed E-state index contributed by atoms with van der Waals surface area (Å²) in [6, 6.07) is 3.14. The minimum atomic E-state index is -4.93. The van der Waals surface area contributed by atoms with Crippen LogP contribution in [-0.2, 0) is 12.4 Å². The van der Waals surface area contributed by atoms with Gasteiger partial charge in [-0.15, -0.1) is 0 Å². The van der Waals surface area contributed by atoms with Gasteiger partial charge in [0.2, 0.25) is 0 Å². The van der Waals surface area contributed by atoms with Crippen molar-refractivity contribution in [2.24, 2.45) is 0 Å². The molecule has 2 heterocycles. The topological polar surface area (TPSA) is 45.2 Å². The molecule has 0 bridgehead atoms. The Bertz CT molecular complexity index is 781. The van der Waals surface area contributed by atoms with Gasteiger partial charge in [0.15, 0.2) is 0 Å². The fraction of sp³-hybridized carbons (Fsp3) is 0.438. The molecule has 0 radical (unpaired) electrons. The molecule has 0 spiro atoms. The number of alkyl halides is 6. The van der Waals surface area contributed by atoms with E-state index in [9.17, 15) is 31.4 Å². The highest BCUT2D eigenvalue weighted by molar-refractivity contribution is 5.86. The molecule has 136 valence electrons. The van der Waals surface area contributed by atoms with Gasteiger partial charge < -0.3 is 10.4 Å². The predicted molar refractivity (Wildman–Crippen MR) is 77.7 cm³/mol. The molecule has 1 aliphatic heterocycles. The van der Waals surface area contributed by atoms with Crippen LogP contribution in [0.2, 0.25) is 0 Å². The van der Waals surface area contributed by atoms with Crippen LogP contribution in [0.25, 0.3) is 10.9 Å². The van der Waals surface area contributed by atoms with Gasteiger partial charge in [0.25, 0.3) is 0 Å². The molecule has 1 unspecified atom stereocenters. The number of rotatable bonds is 2. The molecule has 2 aromatic rings. The van der Waals surface area contributed by atoms with Crippen molar-refractivity contribution >= 4 is 10.9 Å². The van der Waals surface area contributed by atoms with Crippen LogP contribution in [0.1, 0.15) is 35.8 Å². The van der Waals surface area contributed by atoms with Gasteiger partial charge in [0.1, 0.15) is 5.69 Å². The molecule has 25 heavy (non-hydrogen) atoms. The minimum Gasteiger partial charge on any atom is -0.387 e. The Kier molecular flexibility index (Phi) is 4.40. The van der Waals surface area contributed by atoms with E-state index in [1.165, 1.54) is 6.07 Å². The summed E-state index contributed by atoms with van der Waals surface area (Å²) in [5.74, 6) is 0. The quantitative estimate of drug-likeness (QED) is 0.790. The zero-order valence-electron chi connectivity index (χ0n) is 12.7. The van der Waals surface area contributed by atoms with Gasteiger partial charge in [0, 0.05) is 11.4 Å². The molecule has 1 aromatic heterocycles. The van der Waals surface area contributed by atoms with Crippen molar-refractivity contribution in [3.05, 3.63) is 41.1 Å². The van der Waals surface area contributed by atoms with E-state index in [-0.39, 0.29) is 10.9 Å². The molecule has 3 rings (SSSR count). The number of hydrogen-bond acceptors (Lipinski definition) is 3. The van der Waals surface area contributed by atoms with Crippen LogP contribution >= 0.6 is 0 Å². The maximum absolute atomic E-state index is 13.2. The van der Waals surface area contributed by atoms with Gasteiger partial charge in [-0.05, 0) is 37.1 Å². The highest BCUT2D eigenvalue weighted by atomic mass is 19.4. The number of fused-ring (bicyclic) bond motifs is 1. The predicted octanol–water partition coefficient (Wildman–Crippen LogP) is 4.06. The molecule has 1 aliphatic rings. The summed E-state index contributed by atoms with van der Waals surface area (Å²) < 4.78 is 78.9. The first kappa shape index (κ1) is 17.9. The summed E-state index contributed by atoms with van der Waals surface area (Å²) in [4.78, 5) is 3.21. The molecule has 0 aliphatic carbocycles. The lowest BCUT2D eigenvalue weighted by molar-refractivity contribution is -0.142. The third-order valence-corrected chi connectivity index (χ3v) is 4.27. The first-order chi connectivity index (χ1) is 11.6. The van der Waals surface area contributed by atoms with E-state index in [1.807, 2.05) is 0 Å². The monoisotopic (exact) mass is 364 g/mol. The third-order valence-electron chi connectivity index (χ3n) is 4.27. The fourth-order valence-corrected chi connectivity index (χ4v) is 3.09. The van der Waals surface area contributed by atoms with Gasteiger partial charge in [-0.25, -0.2) is 4.98 Å². The van der Waals surface area contributed by atoms with Gasteiger partial charge in [0.05, 0.1) is 17.2 Å². The number of benzene rings is 1. The third kappa shape index (κ3) is 3.43. The van der Waals surface area contributed by atoms with E-state index in [0.717, 1.165) is 12.5 Å². The fourth-order valence-electron chi connectivity index (χ4n) is 3.09. The molecule has 0 saturated carbocycles. The number of aromatic nitrogens is 1. The SMILES string of the molecule is OC(c1cc(C(F)(F)F)nc2c(C(F)(F)F)cccc12)[C@H]1CCCN1. The van der Waals surface area contributed by atoms with Crippen LogP contribution in [0.4, 0.5) is 26.3 Å². The highest BCUT2D eigenvalue weighted by Crippen LogP contribution is 2.39. The molecule has 1 fully saturated rings. The lowest BCUT2D eigenvalue weighted by atomic mass is 9.95. The van der Waals surface area contributed by atoms with E-state index >= 15 is 0 Å². The first-order valence-corrected chi connectivity index (χ1v) is 7.58. The number of aliphatic hydroxyl groups is 1. The van der Waals surface area contributed by atoms with Gasteiger partial charge in [-0.2, -0.15) is 26.3 Å². The van der Waals surface area contributed by atoms with Crippen molar-refractivity contribution in [3.8, 4) is 0 Å². The first-order valence-electron chi connectivity index (χ1n) is 7.58. The standard InChI is InChI=1S/C16H14F6N2O/c17-15(18,19)10-4-1-3-8-9(14(25)11-5-2-6-23-11)7-12(16(20,21)22)24-13(8)10/h1,3-4,7,11,14,23,25H,2,5-6H2/t11-,14?/m1/s1. The number of pyridine rings is 1. The Morgan fingerprint density at radius 2 is 1.84 bits per heavy atom. The van der Waals surface area contributed by atoms with E-state index in [1.54, 1.807) is 0 Å². The zero-order chi connectivity index (χ0) is 18.4. The van der Waals surface area contributed by atoms with Gasteiger partial charge in [-0.1, -0.05) is 12.1 Å². The van der Waals surface area contributed by atoms with Crippen LogP contribution in [-0.4, -0.2) is 22.7 Å². The molecule has 2 atom stereocenters. The summed E-state index contributed by atoms with van der Waals surface area (Å²) in [6.45, 7) is 0.588. The molecular weight excluding hydrogens is 350 g/mol. The second-order valence-corrected chi connectivity index (χ2v) is 5.94. The average molecular weight is 364 g/mol.